The van der Waals surface area contributed by atoms with Gasteiger partial charge < -0.3 is 4.74 Å². The number of halogens is 1. The van der Waals surface area contributed by atoms with Crippen molar-refractivity contribution >= 4 is 27.6 Å². The summed E-state index contributed by atoms with van der Waals surface area (Å²) in [5.74, 6) is -0.272. The highest BCUT2D eigenvalue weighted by molar-refractivity contribution is 7.89. The van der Waals surface area contributed by atoms with Gasteiger partial charge in [0, 0.05) is 13.1 Å². The number of benzene rings is 1. The van der Waals surface area contributed by atoms with Gasteiger partial charge in [-0.05, 0) is 36.5 Å². The summed E-state index contributed by atoms with van der Waals surface area (Å²) in [5.41, 5.74) is -0.0638. The van der Waals surface area contributed by atoms with Gasteiger partial charge in [0.25, 0.3) is 0 Å². The Hall–Kier alpha value is -1.62. The predicted molar refractivity (Wildman–Crippen MR) is 89.1 cm³/mol. The van der Waals surface area contributed by atoms with Crippen molar-refractivity contribution in [3.8, 4) is 6.07 Å². The number of nitriles is 1. The highest BCUT2D eigenvalue weighted by Crippen LogP contribution is 2.28. The Kier molecular flexibility index (Phi) is 5.86. The maximum atomic E-state index is 12.9. The fraction of sp³-hybridized carbons (Fsp3) is 0.500. The van der Waals surface area contributed by atoms with Gasteiger partial charge in [-0.1, -0.05) is 25.4 Å². The third-order valence-electron chi connectivity index (χ3n) is 3.90. The van der Waals surface area contributed by atoms with Gasteiger partial charge in [0.15, 0.2) is 6.61 Å². The molecule has 0 saturated carbocycles. The fourth-order valence-electron chi connectivity index (χ4n) is 2.95. The maximum absolute atomic E-state index is 12.9. The van der Waals surface area contributed by atoms with Crippen LogP contribution in [0.15, 0.2) is 23.1 Å². The van der Waals surface area contributed by atoms with Crippen LogP contribution in [0.25, 0.3) is 0 Å². The van der Waals surface area contributed by atoms with Crippen molar-refractivity contribution < 1.29 is 17.9 Å². The number of nitrogens with zero attached hydrogens (tertiary/aromatic N) is 2. The zero-order valence-corrected chi connectivity index (χ0v) is 15.1. The highest BCUT2D eigenvalue weighted by Gasteiger charge is 2.32. The highest BCUT2D eigenvalue weighted by atomic mass is 35.5. The van der Waals surface area contributed by atoms with E-state index < -0.39 is 22.6 Å². The number of sulfonamides is 1. The van der Waals surface area contributed by atoms with Crippen molar-refractivity contribution in [2.75, 3.05) is 19.7 Å². The van der Waals surface area contributed by atoms with Gasteiger partial charge in [0.2, 0.25) is 10.0 Å². The molecule has 0 radical (unpaired) electrons. The summed E-state index contributed by atoms with van der Waals surface area (Å²) in [6.45, 7) is 4.51. The number of hydrogen-bond donors (Lipinski definition) is 0. The van der Waals surface area contributed by atoms with E-state index in [2.05, 4.69) is 0 Å². The largest absolute Gasteiger partial charge is 0.447 e. The number of rotatable bonds is 4. The third kappa shape index (κ3) is 4.07. The molecule has 8 heteroatoms. The normalized spacial score (nSPS) is 21.9. The standard InChI is InChI=1S/C16H19ClN2O4S/c1-11-7-12(2)10-19(9-11)24(21,22)13-3-4-15(17)14(8-13)16(20)23-6-5-18/h3-4,8,11-12H,6-7,9-10H2,1-2H3/t11-,12+. The van der Waals surface area contributed by atoms with Crippen molar-refractivity contribution in [3.05, 3.63) is 28.8 Å². The summed E-state index contributed by atoms with van der Waals surface area (Å²) in [4.78, 5) is 11.9. The molecule has 0 spiro atoms. The second-order valence-electron chi connectivity index (χ2n) is 6.14. The molecule has 6 nitrogen and oxygen atoms in total. The molecule has 0 N–H and O–H groups in total. The van der Waals surface area contributed by atoms with Gasteiger partial charge in [-0.2, -0.15) is 9.57 Å². The SMILES string of the molecule is C[C@@H]1C[C@H](C)CN(S(=O)(=O)c2ccc(Cl)c(C(=O)OCC#N)c2)C1. The summed E-state index contributed by atoms with van der Waals surface area (Å²) >= 11 is 5.96. The molecule has 1 heterocycles. The molecule has 1 aliphatic rings. The van der Waals surface area contributed by atoms with Crippen LogP contribution in [0, 0.1) is 23.2 Å². The van der Waals surface area contributed by atoms with Gasteiger partial charge in [0.05, 0.1) is 15.5 Å². The Labute approximate surface area is 147 Å². The Morgan fingerprint density at radius 1 is 1.38 bits per heavy atom. The minimum Gasteiger partial charge on any atom is -0.447 e. The number of hydrogen-bond acceptors (Lipinski definition) is 5. The lowest BCUT2D eigenvalue weighted by atomic mass is 9.94. The first kappa shape index (κ1) is 18.7. The van der Waals surface area contributed by atoms with Crippen LogP contribution >= 0.6 is 11.6 Å². The first-order chi connectivity index (χ1) is 11.3. The van der Waals surface area contributed by atoms with E-state index >= 15 is 0 Å². The van der Waals surface area contributed by atoms with Crippen molar-refractivity contribution in [3.63, 3.8) is 0 Å². The lowest BCUT2D eigenvalue weighted by molar-refractivity contribution is 0.0555. The molecule has 130 valence electrons. The van der Waals surface area contributed by atoms with E-state index in [-0.39, 0.29) is 27.3 Å². The fourth-order valence-corrected chi connectivity index (χ4v) is 4.85. The number of ether oxygens (including phenoxy) is 1. The number of esters is 1. The van der Waals surface area contributed by atoms with Crippen LogP contribution in [0.4, 0.5) is 0 Å². The van der Waals surface area contributed by atoms with Crippen molar-refractivity contribution in [1.82, 2.24) is 4.31 Å². The number of piperidine rings is 1. The van der Waals surface area contributed by atoms with Crippen molar-refractivity contribution in [2.24, 2.45) is 11.8 Å². The molecule has 0 unspecified atom stereocenters. The van der Waals surface area contributed by atoms with Crippen molar-refractivity contribution in [1.29, 1.82) is 5.26 Å². The van der Waals surface area contributed by atoms with Gasteiger partial charge >= 0.3 is 5.97 Å². The molecule has 0 bridgehead atoms. The Balaban J connectivity index is 2.34. The van der Waals surface area contributed by atoms with Crippen LogP contribution in [-0.4, -0.2) is 38.4 Å². The molecule has 0 amide bonds. The molecule has 24 heavy (non-hydrogen) atoms. The monoisotopic (exact) mass is 370 g/mol. The van der Waals surface area contributed by atoms with E-state index in [1.165, 1.54) is 22.5 Å². The van der Waals surface area contributed by atoms with E-state index in [1.807, 2.05) is 13.8 Å². The minimum absolute atomic E-state index is 0.00268. The quantitative estimate of drug-likeness (QED) is 0.760. The van der Waals surface area contributed by atoms with Gasteiger partial charge in [-0.3, -0.25) is 0 Å². The predicted octanol–water partition coefficient (Wildman–Crippen LogP) is 2.69. The molecule has 1 aliphatic heterocycles. The molecule has 2 atom stereocenters. The number of carbonyl (C=O) groups excluding carboxylic acids is 1. The molecule has 0 aromatic heterocycles. The maximum Gasteiger partial charge on any atom is 0.340 e. The molecule has 1 fully saturated rings. The lowest BCUT2D eigenvalue weighted by Gasteiger charge is -2.34. The molecule has 2 rings (SSSR count). The van der Waals surface area contributed by atoms with E-state index in [0.29, 0.717) is 13.1 Å². The second-order valence-corrected chi connectivity index (χ2v) is 8.49. The first-order valence-electron chi connectivity index (χ1n) is 7.59. The average Bonchev–Trinajstić information content (AvgIpc) is 2.51. The number of carbonyl (C=O) groups is 1. The smallest absolute Gasteiger partial charge is 0.340 e. The van der Waals surface area contributed by atoms with Crippen LogP contribution in [-0.2, 0) is 14.8 Å². The van der Waals surface area contributed by atoms with Crippen LogP contribution < -0.4 is 0 Å². The van der Waals surface area contributed by atoms with Crippen molar-refractivity contribution in [2.45, 2.75) is 25.2 Å². The third-order valence-corrected chi connectivity index (χ3v) is 6.06. The van der Waals surface area contributed by atoms with Crippen LogP contribution in [0.3, 0.4) is 0 Å². The van der Waals surface area contributed by atoms with Crippen LogP contribution in [0.1, 0.15) is 30.6 Å². The molecule has 1 saturated heterocycles. The van der Waals surface area contributed by atoms with E-state index in [4.69, 9.17) is 21.6 Å². The van der Waals surface area contributed by atoms with Gasteiger partial charge in [-0.25, -0.2) is 13.2 Å². The van der Waals surface area contributed by atoms with E-state index in [1.54, 1.807) is 6.07 Å². The average molecular weight is 371 g/mol. The van der Waals surface area contributed by atoms with E-state index in [9.17, 15) is 13.2 Å². The van der Waals surface area contributed by atoms with Crippen LogP contribution in [0.2, 0.25) is 5.02 Å². The second kappa shape index (κ2) is 7.51. The van der Waals surface area contributed by atoms with Gasteiger partial charge in [0.1, 0.15) is 6.07 Å². The summed E-state index contributed by atoms with van der Waals surface area (Å²) in [6, 6.07) is 5.62. The zero-order valence-electron chi connectivity index (χ0n) is 13.5. The Morgan fingerprint density at radius 2 is 2.00 bits per heavy atom. The molecular weight excluding hydrogens is 352 g/mol. The first-order valence-corrected chi connectivity index (χ1v) is 9.41. The topological polar surface area (TPSA) is 87.5 Å². The Bertz CT molecular complexity index is 763. The molecular formula is C16H19ClN2O4S. The molecule has 1 aromatic carbocycles. The Morgan fingerprint density at radius 3 is 2.58 bits per heavy atom. The summed E-state index contributed by atoms with van der Waals surface area (Å²) in [5, 5.41) is 8.55. The summed E-state index contributed by atoms with van der Waals surface area (Å²) in [7, 11) is -3.72. The van der Waals surface area contributed by atoms with Crippen LogP contribution in [0.5, 0.6) is 0 Å². The zero-order chi connectivity index (χ0) is 17.9. The lowest BCUT2D eigenvalue weighted by Crippen LogP contribution is -2.42. The minimum atomic E-state index is -3.72. The molecule has 0 aliphatic carbocycles. The molecule has 1 aromatic rings. The van der Waals surface area contributed by atoms with Gasteiger partial charge in [-0.15, -0.1) is 0 Å². The summed E-state index contributed by atoms with van der Waals surface area (Å²) in [6.07, 6.45) is 0.984. The summed E-state index contributed by atoms with van der Waals surface area (Å²) < 4.78 is 31.9. The van der Waals surface area contributed by atoms with E-state index in [0.717, 1.165) is 6.42 Å².